The van der Waals surface area contributed by atoms with Gasteiger partial charge < -0.3 is 10.1 Å². The number of carbonyl (C=O) groups is 1. The zero-order valence-corrected chi connectivity index (χ0v) is 12.2. The zero-order valence-electron chi connectivity index (χ0n) is 12.2. The van der Waals surface area contributed by atoms with E-state index in [-0.39, 0.29) is 11.7 Å². The Kier molecular flexibility index (Phi) is 5.53. The summed E-state index contributed by atoms with van der Waals surface area (Å²) in [5, 5.41) is 2.87. The fourth-order valence-electron chi connectivity index (χ4n) is 2.59. The van der Waals surface area contributed by atoms with Gasteiger partial charge in [0.15, 0.2) is 17.7 Å². The molecule has 0 saturated heterocycles. The van der Waals surface area contributed by atoms with Crippen LogP contribution in [0.2, 0.25) is 0 Å². The maximum Gasteiger partial charge on any atom is 0.260 e. The van der Waals surface area contributed by atoms with E-state index in [0.29, 0.717) is 12.5 Å². The van der Waals surface area contributed by atoms with Crippen LogP contribution in [-0.2, 0) is 4.79 Å². The first kappa shape index (κ1) is 15.7. The topological polar surface area (TPSA) is 38.3 Å². The Labute approximate surface area is 123 Å². The molecule has 21 heavy (non-hydrogen) atoms. The third-order valence-electron chi connectivity index (χ3n) is 3.86. The van der Waals surface area contributed by atoms with Crippen LogP contribution in [0, 0.1) is 17.6 Å². The number of ether oxygens (including phenoxy) is 1. The standard InChI is InChI=1S/C16H21F2NO2/c1-11(21-13-7-8-14(17)15(18)9-13)16(20)19-10-12-5-3-2-4-6-12/h7-9,11-12H,2-6,10H2,1H3,(H,19,20). The lowest BCUT2D eigenvalue weighted by Crippen LogP contribution is -2.39. The molecule has 0 heterocycles. The van der Waals surface area contributed by atoms with Gasteiger partial charge in [-0.15, -0.1) is 0 Å². The van der Waals surface area contributed by atoms with Crippen molar-refractivity contribution in [1.82, 2.24) is 5.32 Å². The summed E-state index contributed by atoms with van der Waals surface area (Å²) in [6, 6.07) is 3.24. The number of hydrogen-bond acceptors (Lipinski definition) is 2. The van der Waals surface area contributed by atoms with Crippen molar-refractivity contribution in [3.63, 3.8) is 0 Å². The monoisotopic (exact) mass is 297 g/mol. The number of halogens is 2. The normalized spacial score (nSPS) is 17.3. The molecule has 116 valence electrons. The molecule has 1 saturated carbocycles. The van der Waals surface area contributed by atoms with Crippen molar-refractivity contribution in [3.05, 3.63) is 29.8 Å². The van der Waals surface area contributed by atoms with Crippen molar-refractivity contribution in [3.8, 4) is 5.75 Å². The summed E-state index contributed by atoms with van der Waals surface area (Å²) in [6.45, 7) is 2.25. The van der Waals surface area contributed by atoms with E-state index in [0.717, 1.165) is 25.0 Å². The smallest absolute Gasteiger partial charge is 0.260 e. The molecule has 1 fully saturated rings. The minimum absolute atomic E-state index is 0.147. The Hall–Kier alpha value is -1.65. The van der Waals surface area contributed by atoms with Crippen molar-refractivity contribution in [2.75, 3.05) is 6.54 Å². The van der Waals surface area contributed by atoms with Crippen molar-refractivity contribution < 1.29 is 18.3 Å². The van der Waals surface area contributed by atoms with Crippen LogP contribution in [0.5, 0.6) is 5.75 Å². The number of nitrogens with one attached hydrogen (secondary N) is 1. The van der Waals surface area contributed by atoms with Crippen LogP contribution in [0.15, 0.2) is 18.2 Å². The fourth-order valence-corrected chi connectivity index (χ4v) is 2.59. The van der Waals surface area contributed by atoms with E-state index in [9.17, 15) is 13.6 Å². The van der Waals surface area contributed by atoms with Gasteiger partial charge in [0, 0.05) is 12.6 Å². The summed E-state index contributed by atoms with van der Waals surface area (Å²) < 4.78 is 31.2. The molecule has 1 aromatic rings. The molecular formula is C16H21F2NO2. The molecule has 2 rings (SSSR count). The van der Waals surface area contributed by atoms with Gasteiger partial charge in [-0.25, -0.2) is 8.78 Å². The van der Waals surface area contributed by atoms with Crippen LogP contribution in [0.3, 0.4) is 0 Å². The molecule has 1 aliphatic rings. The van der Waals surface area contributed by atoms with E-state index >= 15 is 0 Å². The third-order valence-corrected chi connectivity index (χ3v) is 3.86. The molecular weight excluding hydrogens is 276 g/mol. The summed E-state index contributed by atoms with van der Waals surface area (Å²) >= 11 is 0. The van der Waals surface area contributed by atoms with Crippen molar-refractivity contribution >= 4 is 5.91 Å². The average molecular weight is 297 g/mol. The first-order chi connectivity index (χ1) is 10.1. The van der Waals surface area contributed by atoms with Gasteiger partial charge in [-0.3, -0.25) is 4.79 Å². The molecule has 1 amide bonds. The summed E-state index contributed by atoms with van der Waals surface area (Å²) in [7, 11) is 0. The Morgan fingerprint density at radius 1 is 1.29 bits per heavy atom. The number of benzene rings is 1. The van der Waals surface area contributed by atoms with E-state index in [2.05, 4.69) is 5.32 Å². The third kappa shape index (κ3) is 4.69. The van der Waals surface area contributed by atoms with Crippen LogP contribution in [0.1, 0.15) is 39.0 Å². The minimum Gasteiger partial charge on any atom is -0.481 e. The Balaban J connectivity index is 1.79. The highest BCUT2D eigenvalue weighted by atomic mass is 19.2. The molecule has 1 N–H and O–H groups in total. The zero-order chi connectivity index (χ0) is 15.2. The van der Waals surface area contributed by atoms with Crippen LogP contribution in [-0.4, -0.2) is 18.6 Å². The second-order valence-electron chi connectivity index (χ2n) is 5.59. The van der Waals surface area contributed by atoms with E-state index < -0.39 is 17.7 Å². The summed E-state index contributed by atoms with van der Waals surface area (Å²) in [4.78, 5) is 11.9. The van der Waals surface area contributed by atoms with E-state index in [4.69, 9.17) is 4.74 Å². The van der Waals surface area contributed by atoms with Gasteiger partial charge in [-0.1, -0.05) is 19.3 Å². The van der Waals surface area contributed by atoms with Gasteiger partial charge in [0.25, 0.3) is 5.91 Å². The first-order valence-electron chi connectivity index (χ1n) is 7.45. The lowest BCUT2D eigenvalue weighted by atomic mass is 9.89. The predicted molar refractivity (Wildman–Crippen MR) is 76.0 cm³/mol. The highest BCUT2D eigenvalue weighted by Crippen LogP contribution is 2.23. The molecule has 3 nitrogen and oxygen atoms in total. The fraction of sp³-hybridized carbons (Fsp3) is 0.562. The number of hydrogen-bond donors (Lipinski definition) is 1. The molecule has 1 unspecified atom stereocenters. The predicted octanol–water partition coefficient (Wildman–Crippen LogP) is 3.43. The maximum absolute atomic E-state index is 13.1. The summed E-state index contributed by atoms with van der Waals surface area (Å²) in [6.07, 6.45) is 5.29. The summed E-state index contributed by atoms with van der Waals surface area (Å²) in [5.74, 6) is -1.46. The highest BCUT2D eigenvalue weighted by Gasteiger charge is 2.18. The van der Waals surface area contributed by atoms with Gasteiger partial charge in [-0.05, 0) is 37.8 Å². The lowest BCUT2D eigenvalue weighted by Gasteiger charge is -2.23. The second kappa shape index (κ2) is 7.38. The quantitative estimate of drug-likeness (QED) is 0.904. The largest absolute Gasteiger partial charge is 0.481 e. The number of amides is 1. The molecule has 1 aromatic carbocycles. The van der Waals surface area contributed by atoms with Gasteiger partial charge in [0.05, 0.1) is 0 Å². The highest BCUT2D eigenvalue weighted by molar-refractivity contribution is 5.80. The first-order valence-corrected chi connectivity index (χ1v) is 7.45. The van der Waals surface area contributed by atoms with Crippen molar-refractivity contribution in [2.24, 2.45) is 5.92 Å². The minimum atomic E-state index is -0.984. The van der Waals surface area contributed by atoms with E-state index in [1.54, 1.807) is 6.92 Å². The van der Waals surface area contributed by atoms with Crippen LogP contribution < -0.4 is 10.1 Å². The van der Waals surface area contributed by atoms with Crippen LogP contribution >= 0.6 is 0 Å². The molecule has 0 aromatic heterocycles. The number of carbonyl (C=O) groups excluding carboxylic acids is 1. The molecule has 0 radical (unpaired) electrons. The Morgan fingerprint density at radius 2 is 2.00 bits per heavy atom. The van der Waals surface area contributed by atoms with Crippen LogP contribution in [0.25, 0.3) is 0 Å². The summed E-state index contributed by atoms with van der Waals surface area (Å²) in [5.41, 5.74) is 0. The van der Waals surface area contributed by atoms with Crippen molar-refractivity contribution in [2.45, 2.75) is 45.1 Å². The molecule has 0 bridgehead atoms. The lowest BCUT2D eigenvalue weighted by molar-refractivity contribution is -0.127. The average Bonchev–Trinajstić information content (AvgIpc) is 2.49. The second-order valence-corrected chi connectivity index (χ2v) is 5.59. The molecule has 0 spiro atoms. The Morgan fingerprint density at radius 3 is 2.67 bits per heavy atom. The SMILES string of the molecule is CC(Oc1ccc(F)c(F)c1)C(=O)NCC1CCCCC1. The Bertz CT molecular complexity index is 487. The number of rotatable bonds is 5. The molecule has 0 aliphatic heterocycles. The van der Waals surface area contributed by atoms with Crippen LogP contribution in [0.4, 0.5) is 8.78 Å². The van der Waals surface area contributed by atoms with Gasteiger partial charge in [0.1, 0.15) is 5.75 Å². The molecule has 5 heteroatoms. The van der Waals surface area contributed by atoms with E-state index in [1.165, 1.54) is 25.3 Å². The maximum atomic E-state index is 13.1. The van der Waals surface area contributed by atoms with Gasteiger partial charge >= 0.3 is 0 Å². The van der Waals surface area contributed by atoms with Gasteiger partial charge in [0.2, 0.25) is 0 Å². The van der Waals surface area contributed by atoms with E-state index in [1.807, 2.05) is 0 Å². The molecule has 1 atom stereocenters. The molecule has 1 aliphatic carbocycles. The van der Waals surface area contributed by atoms with Crippen molar-refractivity contribution in [1.29, 1.82) is 0 Å². The van der Waals surface area contributed by atoms with Gasteiger partial charge in [-0.2, -0.15) is 0 Å².